The quantitative estimate of drug-likeness (QED) is 0.662. The van der Waals surface area contributed by atoms with Crippen molar-refractivity contribution in [2.45, 2.75) is 15.3 Å². The number of para-hydroxylation sites is 1. The highest BCUT2D eigenvalue weighted by Crippen LogP contribution is 2.38. The SMILES string of the molecule is Cc1cccc(NSc2ccc(SN(C)C)s2)c1N1CCSCC1. The number of thioether (sulfide) groups is 1. The molecule has 1 aromatic heterocycles. The molecule has 0 aliphatic carbocycles. The van der Waals surface area contributed by atoms with Gasteiger partial charge in [0, 0.05) is 24.6 Å². The van der Waals surface area contributed by atoms with Crippen LogP contribution in [-0.4, -0.2) is 43.0 Å². The molecule has 3 rings (SSSR count). The van der Waals surface area contributed by atoms with Gasteiger partial charge in [-0.15, -0.1) is 11.3 Å². The molecule has 24 heavy (non-hydrogen) atoms. The lowest BCUT2D eigenvalue weighted by atomic mass is 10.1. The number of rotatable bonds is 6. The first kappa shape index (κ1) is 18.3. The van der Waals surface area contributed by atoms with Crippen molar-refractivity contribution in [3.05, 3.63) is 35.9 Å². The van der Waals surface area contributed by atoms with Crippen LogP contribution in [0, 0.1) is 6.92 Å². The molecule has 0 radical (unpaired) electrons. The standard InChI is InChI=1S/C17H23N3S4/c1-13-5-4-6-14(17(13)20-9-11-21-12-10-20)18-23-15-7-8-16(22-15)24-19(2)3/h4-8,18H,9-12H2,1-3H3. The van der Waals surface area contributed by atoms with E-state index in [-0.39, 0.29) is 0 Å². The summed E-state index contributed by atoms with van der Waals surface area (Å²) in [6, 6.07) is 10.9. The number of hydrogen-bond donors (Lipinski definition) is 1. The molecule has 1 aromatic carbocycles. The molecular weight excluding hydrogens is 374 g/mol. The molecule has 1 fully saturated rings. The number of benzene rings is 1. The third-order valence-corrected chi connectivity index (χ3v) is 7.59. The zero-order chi connectivity index (χ0) is 16.9. The Labute approximate surface area is 161 Å². The Kier molecular flexibility index (Phi) is 6.69. The second kappa shape index (κ2) is 8.76. The Balaban J connectivity index is 1.70. The van der Waals surface area contributed by atoms with Crippen LogP contribution in [0.4, 0.5) is 11.4 Å². The molecule has 2 heterocycles. The minimum Gasteiger partial charge on any atom is -0.368 e. The van der Waals surface area contributed by atoms with Crippen molar-refractivity contribution in [1.82, 2.24) is 4.31 Å². The number of hydrogen-bond acceptors (Lipinski definition) is 7. The first-order valence-electron chi connectivity index (χ1n) is 7.94. The number of nitrogens with one attached hydrogen (secondary N) is 1. The second-order valence-corrected chi connectivity index (χ2v) is 10.8. The second-order valence-electron chi connectivity index (χ2n) is 5.75. The zero-order valence-electron chi connectivity index (χ0n) is 14.2. The molecule has 1 saturated heterocycles. The Bertz CT molecular complexity index is 666. The van der Waals surface area contributed by atoms with Crippen molar-refractivity contribution in [2.75, 3.05) is 48.3 Å². The predicted molar refractivity (Wildman–Crippen MR) is 114 cm³/mol. The lowest BCUT2D eigenvalue weighted by Crippen LogP contribution is -2.33. The van der Waals surface area contributed by atoms with Crippen LogP contribution < -0.4 is 9.62 Å². The average molecular weight is 398 g/mol. The van der Waals surface area contributed by atoms with Crippen LogP contribution >= 0.6 is 47.0 Å². The van der Waals surface area contributed by atoms with E-state index in [4.69, 9.17) is 0 Å². The van der Waals surface area contributed by atoms with Crippen LogP contribution in [0.1, 0.15) is 5.56 Å². The number of aryl methyl sites for hydroxylation is 1. The third-order valence-electron chi connectivity index (χ3n) is 3.66. The van der Waals surface area contributed by atoms with E-state index >= 15 is 0 Å². The summed E-state index contributed by atoms with van der Waals surface area (Å²) in [4.78, 5) is 2.52. The van der Waals surface area contributed by atoms with E-state index in [2.05, 4.69) is 77.0 Å². The van der Waals surface area contributed by atoms with Gasteiger partial charge in [0.25, 0.3) is 0 Å². The van der Waals surface area contributed by atoms with Gasteiger partial charge in [-0.25, -0.2) is 0 Å². The Morgan fingerprint density at radius 3 is 2.58 bits per heavy atom. The molecule has 7 heteroatoms. The van der Waals surface area contributed by atoms with Gasteiger partial charge in [0.1, 0.15) is 0 Å². The van der Waals surface area contributed by atoms with Gasteiger partial charge in [-0.2, -0.15) is 11.8 Å². The predicted octanol–water partition coefficient (Wildman–Crippen LogP) is 5.30. The van der Waals surface area contributed by atoms with Gasteiger partial charge in [-0.3, -0.25) is 4.31 Å². The van der Waals surface area contributed by atoms with Crippen molar-refractivity contribution in [3.63, 3.8) is 0 Å². The maximum atomic E-state index is 3.59. The van der Waals surface area contributed by atoms with Crippen LogP contribution in [0.2, 0.25) is 0 Å². The first-order valence-corrected chi connectivity index (χ1v) is 11.5. The number of nitrogens with zero attached hydrogens (tertiary/aromatic N) is 2. The van der Waals surface area contributed by atoms with E-state index in [1.165, 1.54) is 36.9 Å². The van der Waals surface area contributed by atoms with E-state index < -0.39 is 0 Å². The summed E-state index contributed by atoms with van der Waals surface area (Å²) in [7, 11) is 4.15. The highest BCUT2D eigenvalue weighted by molar-refractivity contribution is 8.03. The monoisotopic (exact) mass is 397 g/mol. The summed E-state index contributed by atoms with van der Waals surface area (Å²) in [5, 5.41) is 0. The van der Waals surface area contributed by atoms with Crippen LogP contribution in [0.5, 0.6) is 0 Å². The van der Waals surface area contributed by atoms with E-state index in [1.54, 1.807) is 23.9 Å². The molecule has 2 aromatic rings. The van der Waals surface area contributed by atoms with Gasteiger partial charge < -0.3 is 9.62 Å². The van der Waals surface area contributed by atoms with Crippen molar-refractivity contribution < 1.29 is 0 Å². The van der Waals surface area contributed by atoms with E-state index in [0.717, 1.165) is 13.1 Å². The van der Waals surface area contributed by atoms with Crippen LogP contribution in [0.25, 0.3) is 0 Å². The molecule has 1 N–H and O–H groups in total. The van der Waals surface area contributed by atoms with Gasteiger partial charge >= 0.3 is 0 Å². The van der Waals surface area contributed by atoms with E-state index in [1.807, 2.05) is 11.3 Å². The lowest BCUT2D eigenvalue weighted by Gasteiger charge is -2.31. The molecule has 1 aliphatic heterocycles. The average Bonchev–Trinajstić information content (AvgIpc) is 3.00. The van der Waals surface area contributed by atoms with Crippen LogP contribution in [0.3, 0.4) is 0 Å². The molecule has 0 saturated carbocycles. The van der Waals surface area contributed by atoms with Gasteiger partial charge in [0.2, 0.25) is 0 Å². The summed E-state index contributed by atoms with van der Waals surface area (Å²) in [5.74, 6) is 2.44. The maximum absolute atomic E-state index is 3.59. The summed E-state index contributed by atoms with van der Waals surface area (Å²) >= 11 is 7.36. The summed E-state index contributed by atoms with van der Waals surface area (Å²) in [5.41, 5.74) is 3.94. The summed E-state index contributed by atoms with van der Waals surface area (Å²) in [6.07, 6.45) is 0. The molecule has 0 amide bonds. The Morgan fingerprint density at radius 2 is 1.83 bits per heavy atom. The molecule has 0 bridgehead atoms. The minimum absolute atomic E-state index is 1.14. The fourth-order valence-corrected chi connectivity index (χ4v) is 6.60. The Morgan fingerprint density at radius 1 is 1.08 bits per heavy atom. The summed E-state index contributed by atoms with van der Waals surface area (Å²) in [6.45, 7) is 4.49. The van der Waals surface area contributed by atoms with Gasteiger partial charge in [0.05, 0.1) is 19.8 Å². The zero-order valence-corrected chi connectivity index (χ0v) is 17.5. The normalized spacial score (nSPS) is 15.1. The molecular formula is C17H23N3S4. The number of anilines is 2. The molecule has 130 valence electrons. The lowest BCUT2D eigenvalue weighted by molar-refractivity contribution is 0.704. The smallest absolute Gasteiger partial charge is 0.0820 e. The van der Waals surface area contributed by atoms with Crippen LogP contribution in [0.15, 0.2) is 38.8 Å². The molecule has 3 nitrogen and oxygen atoms in total. The van der Waals surface area contributed by atoms with Gasteiger partial charge in [-0.1, -0.05) is 12.1 Å². The van der Waals surface area contributed by atoms with Crippen molar-refractivity contribution >= 4 is 58.4 Å². The largest absolute Gasteiger partial charge is 0.368 e. The third kappa shape index (κ3) is 4.79. The fraction of sp³-hybridized carbons (Fsp3) is 0.412. The fourth-order valence-electron chi connectivity index (χ4n) is 2.64. The van der Waals surface area contributed by atoms with Crippen molar-refractivity contribution in [2.24, 2.45) is 0 Å². The number of thiophene rings is 1. The van der Waals surface area contributed by atoms with Crippen LogP contribution in [-0.2, 0) is 0 Å². The highest BCUT2D eigenvalue weighted by atomic mass is 32.2. The maximum Gasteiger partial charge on any atom is 0.0820 e. The molecule has 0 unspecified atom stereocenters. The molecule has 0 spiro atoms. The van der Waals surface area contributed by atoms with Crippen molar-refractivity contribution in [1.29, 1.82) is 0 Å². The Hall–Kier alpha value is -0.470. The minimum atomic E-state index is 1.14. The van der Waals surface area contributed by atoms with Crippen molar-refractivity contribution in [3.8, 4) is 0 Å². The summed E-state index contributed by atoms with van der Waals surface area (Å²) < 4.78 is 8.33. The topological polar surface area (TPSA) is 18.5 Å². The first-order chi connectivity index (χ1) is 11.6. The van der Waals surface area contributed by atoms with E-state index in [0.29, 0.717) is 0 Å². The van der Waals surface area contributed by atoms with Gasteiger partial charge in [-0.05, 0) is 68.7 Å². The highest BCUT2D eigenvalue weighted by Gasteiger charge is 2.17. The molecule has 0 atom stereocenters. The molecule has 1 aliphatic rings. The van der Waals surface area contributed by atoms with Gasteiger partial charge in [0.15, 0.2) is 0 Å². The van der Waals surface area contributed by atoms with E-state index in [9.17, 15) is 0 Å².